The Morgan fingerprint density at radius 3 is 2.69 bits per heavy atom. The molecule has 1 amide bonds. The second-order valence-electron chi connectivity index (χ2n) is 6.66. The van der Waals surface area contributed by atoms with Gasteiger partial charge in [0.2, 0.25) is 0 Å². The van der Waals surface area contributed by atoms with Crippen LogP contribution in [0, 0.1) is 11.7 Å². The molecule has 1 atom stereocenters. The van der Waals surface area contributed by atoms with E-state index in [0.717, 1.165) is 12.8 Å². The fourth-order valence-electron chi connectivity index (χ4n) is 3.21. The van der Waals surface area contributed by atoms with Gasteiger partial charge >= 0.3 is 0 Å². The van der Waals surface area contributed by atoms with Crippen LogP contribution in [0.15, 0.2) is 48.5 Å². The SMILES string of the molecule is CC(=O)c1cccc(C(=O)N2CCC[C@H](COc3cccc(F)c3)C2)c1. The molecule has 1 aliphatic heterocycles. The highest BCUT2D eigenvalue weighted by Crippen LogP contribution is 2.21. The molecule has 0 bridgehead atoms. The molecule has 0 spiro atoms. The molecule has 0 aliphatic carbocycles. The van der Waals surface area contributed by atoms with Crippen molar-refractivity contribution in [2.75, 3.05) is 19.7 Å². The summed E-state index contributed by atoms with van der Waals surface area (Å²) in [7, 11) is 0. The van der Waals surface area contributed by atoms with E-state index in [2.05, 4.69) is 0 Å². The molecular weight excluding hydrogens is 333 g/mol. The quantitative estimate of drug-likeness (QED) is 0.763. The first-order chi connectivity index (χ1) is 12.5. The molecule has 1 saturated heterocycles. The third-order valence-corrected chi connectivity index (χ3v) is 4.60. The number of ether oxygens (including phenoxy) is 1. The van der Waals surface area contributed by atoms with Crippen LogP contribution in [0.1, 0.15) is 40.5 Å². The number of benzene rings is 2. The molecule has 2 aromatic carbocycles. The molecule has 3 rings (SSSR count). The molecule has 5 heteroatoms. The van der Waals surface area contributed by atoms with E-state index in [4.69, 9.17) is 4.74 Å². The summed E-state index contributed by atoms with van der Waals surface area (Å²) in [6.07, 6.45) is 1.86. The lowest BCUT2D eigenvalue weighted by molar-refractivity contribution is 0.0633. The summed E-state index contributed by atoms with van der Waals surface area (Å²) < 4.78 is 18.9. The van der Waals surface area contributed by atoms with E-state index in [-0.39, 0.29) is 23.4 Å². The van der Waals surface area contributed by atoms with Gasteiger partial charge < -0.3 is 9.64 Å². The fraction of sp³-hybridized carbons (Fsp3) is 0.333. The first-order valence-corrected chi connectivity index (χ1v) is 8.81. The number of hydrogen-bond donors (Lipinski definition) is 0. The molecule has 0 N–H and O–H groups in total. The summed E-state index contributed by atoms with van der Waals surface area (Å²) in [6, 6.07) is 12.9. The lowest BCUT2D eigenvalue weighted by atomic mass is 9.98. The van der Waals surface area contributed by atoms with Crippen molar-refractivity contribution in [2.24, 2.45) is 5.92 Å². The van der Waals surface area contributed by atoms with Gasteiger partial charge in [-0.25, -0.2) is 4.39 Å². The van der Waals surface area contributed by atoms with Crippen LogP contribution in [0.5, 0.6) is 5.75 Å². The Balaban J connectivity index is 1.61. The molecule has 0 unspecified atom stereocenters. The Hall–Kier alpha value is -2.69. The number of rotatable bonds is 5. The molecule has 1 heterocycles. The van der Waals surface area contributed by atoms with Crippen molar-refractivity contribution >= 4 is 11.7 Å². The van der Waals surface area contributed by atoms with Gasteiger partial charge in [0.1, 0.15) is 11.6 Å². The van der Waals surface area contributed by atoms with Gasteiger partial charge in [-0.1, -0.05) is 18.2 Å². The topological polar surface area (TPSA) is 46.6 Å². The zero-order valence-corrected chi connectivity index (χ0v) is 14.8. The van der Waals surface area contributed by atoms with Crippen molar-refractivity contribution in [3.05, 3.63) is 65.5 Å². The van der Waals surface area contributed by atoms with E-state index >= 15 is 0 Å². The summed E-state index contributed by atoms with van der Waals surface area (Å²) in [5, 5.41) is 0. The minimum absolute atomic E-state index is 0.0559. The molecular formula is C21H22FNO3. The van der Waals surface area contributed by atoms with Gasteiger partial charge in [0, 0.05) is 36.2 Å². The number of piperidine rings is 1. The summed E-state index contributed by atoms with van der Waals surface area (Å²) in [4.78, 5) is 26.1. The average Bonchev–Trinajstić information content (AvgIpc) is 2.66. The maximum atomic E-state index is 13.2. The van der Waals surface area contributed by atoms with E-state index in [0.29, 0.717) is 36.6 Å². The lowest BCUT2D eigenvalue weighted by Crippen LogP contribution is -2.41. The van der Waals surface area contributed by atoms with Crippen molar-refractivity contribution in [1.82, 2.24) is 4.90 Å². The lowest BCUT2D eigenvalue weighted by Gasteiger charge is -2.32. The summed E-state index contributed by atoms with van der Waals surface area (Å²) in [5.74, 6) is 0.256. The molecule has 136 valence electrons. The van der Waals surface area contributed by atoms with Crippen molar-refractivity contribution in [1.29, 1.82) is 0 Å². The Morgan fingerprint density at radius 1 is 1.15 bits per heavy atom. The monoisotopic (exact) mass is 355 g/mol. The van der Waals surface area contributed by atoms with E-state index in [1.807, 2.05) is 4.90 Å². The zero-order valence-electron chi connectivity index (χ0n) is 14.8. The van der Waals surface area contributed by atoms with E-state index < -0.39 is 0 Å². The number of ketones is 1. The second-order valence-corrected chi connectivity index (χ2v) is 6.66. The average molecular weight is 355 g/mol. The van der Waals surface area contributed by atoms with Crippen LogP contribution in [0.2, 0.25) is 0 Å². The Labute approximate surface area is 152 Å². The molecule has 0 aromatic heterocycles. The number of nitrogens with zero attached hydrogens (tertiary/aromatic N) is 1. The number of hydrogen-bond acceptors (Lipinski definition) is 3. The second kappa shape index (κ2) is 8.13. The van der Waals surface area contributed by atoms with Crippen LogP contribution in [0.25, 0.3) is 0 Å². The van der Waals surface area contributed by atoms with Crippen LogP contribution < -0.4 is 4.74 Å². The molecule has 26 heavy (non-hydrogen) atoms. The number of likely N-dealkylation sites (tertiary alicyclic amines) is 1. The highest BCUT2D eigenvalue weighted by molar-refractivity contribution is 5.99. The molecule has 4 nitrogen and oxygen atoms in total. The van der Waals surface area contributed by atoms with Gasteiger partial charge in [0.05, 0.1) is 6.61 Å². The van der Waals surface area contributed by atoms with E-state index in [1.165, 1.54) is 19.1 Å². The number of amides is 1. The van der Waals surface area contributed by atoms with Gasteiger partial charge in [0.15, 0.2) is 5.78 Å². The molecule has 0 radical (unpaired) electrons. The standard InChI is InChI=1S/C21H22FNO3/c1-15(24)17-6-2-7-18(11-17)21(25)23-10-4-5-16(13-23)14-26-20-9-3-8-19(22)12-20/h2-3,6-9,11-12,16H,4-5,10,13-14H2,1H3/t16-/m0/s1. The zero-order chi connectivity index (χ0) is 18.5. The number of halogens is 1. The van der Waals surface area contributed by atoms with Crippen LogP contribution >= 0.6 is 0 Å². The summed E-state index contributed by atoms with van der Waals surface area (Å²) >= 11 is 0. The molecule has 1 aliphatic rings. The minimum Gasteiger partial charge on any atom is -0.493 e. The van der Waals surface area contributed by atoms with Crippen molar-refractivity contribution in [2.45, 2.75) is 19.8 Å². The van der Waals surface area contributed by atoms with Gasteiger partial charge in [-0.05, 0) is 44.0 Å². The Kier molecular flexibility index (Phi) is 5.66. The summed E-state index contributed by atoms with van der Waals surface area (Å²) in [6.45, 7) is 3.23. The third kappa shape index (κ3) is 4.48. The van der Waals surface area contributed by atoms with Crippen LogP contribution in [-0.2, 0) is 0 Å². The van der Waals surface area contributed by atoms with Crippen molar-refractivity contribution in [3.8, 4) is 5.75 Å². The maximum absolute atomic E-state index is 13.2. The molecule has 0 saturated carbocycles. The minimum atomic E-state index is -0.326. The van der Waals surface area contributed by atoms with Crippen LogP contribution in [0.3, 0.4) is 0 Å². The largest absolute Gasteiger partial charge is 0.493 e. The predicted octanol–water partition coefficient (Wildman–Crippen LogP) is 3.96. The van der Waals surface area contributed by atoms with Crippen LogP contribution in [-0.4, -0.2) is 36.3 Å². The summed E-state index contributed by atoms with van der Waals surface area (Å²) in [5.41, 5.74) is 1.07. The molecule has 1 fully saturated rings. The Morgan fingerprint density at radius 2 is 1.92 bits per heavy atom. The number of carbonyl (C=O) groups excluding carboxylic acids is 2. The Bertz CT molecular complexity index is 805. The van der Waals surface area contributed by atoms with Gasteiger partial charge in [-0.3, -0.25) is 9.59 Å². The molecule has 2 aromatic rings. The van der Waals surface area contributed by atoms with Crippen molar-refractivity contribution < 1.29 is 18.7 Å². The highest BCUT2D eigenvalue weighted by Gasteiger charge is 2.25. The third-order valence-electron chi connectivity index (χ3n) is 4.60. The smallest absolute Gasteiger partial charge is 0.253 e. The predicted molar refractivity (Wildman–Crippen MR) is 97.0 cm³/mol. The first kappa shape index (κ1) is 18.1. The van der Waals surface area contributed by atoms with E-state index in [9.17, 15) is 14.0 Å². The van der Waals surface area contributed by atoms with Gasteiger partial charge in [0.25, 0.3) is 5.91 Å². The van der Waals surface area contributed by atoms with Crippen LogP contribution in [0.4, 0.5) is 4.39 Å². The maximum Gasteiger partial charge on any atom is 0.253 e. The number of Topliss-reactive ketones (excluding diaryl/α,β-unsaturated/α-hetero) is 1. The fourth-order valence-corrected chi connectivity index (χ4v) is 3.21. The van der Waals surface area contributed by atoms with Gasteiger partial charge in [-0.15, -0.1) is 0 Å². The first-order valence-electron chi connectivity index (χ1n) is 8.81. The van der Waals surface area contributed by atoms with Crippen molar-refractivity contribution in [3.63, 3.8) is 0 Å². The highest BCUT2D eigenvalue weighted by atomic mass is 19.1. The van der Waals surface area contributed by atoms with E-state index in [1.54, 1.807) is 36.4 Å². The normalized spacial score (nSPS) is 17.0. The van der Waals surface area contributed by atoms with Gasteiger partial charge in [-0.2, -0.15) is 0 Å². The number of carbonyl (C=O) groups is 2.